The molecular weight excluding hydrogens is 340 g/mol. The van der Waals surface area contributed by atoms with E-state index in [1.165, 1.54) is 0 Å². The molecule has 0 spiro atoms. The Kier molecular flexibility index (Phi) is 7.94. The van der Waals surface area contributed by atoms with E-state index in [0.717, 1.165) is 38.5 Å². The molecule has 1 N–H and O–H groups in total. The van der Waals surface area contributed by atoms with Gasteiger partial charge < -0.3 is 9.84 Å². The lowest BCUT2D eigenvalue weighted by atomic mass is 9.76. The summed E-state index contributed by atoms with van der Waals surface area (Å²) in [6.45, 7) is 2.01. The molecule has 5 nitrogen and oxygen atoms in total. The third-order valence-corrected chi connectivity index (χ3v) is 7.27. The average Bonchev–Trinajstić information content (AvgIpc) is 3.15. The highest BCUT2D eigenvalue weighted by Crippen LogP contribution is 2.46. The van der Waals surface area contributed by atoms with E-state index in [4.69, 9.17) is 9.84 Å². The molecule has 25 heavy (non-hydrogen) atoms. The van der Waals surface area contributed by atoms with Gasteiger partial charge >= 0.3 is 5.97 Å². The number of carbonyl (C=O) groups is 1. The Hall–Kier alpha value is -0.880. The van der Waals surface area contributed by atoms with Crippen LogP contribution in [0, 0.1) is 11.8 Å². The number of hydrogen-bond donors (Lipinski definition) is 1. The quantitative estimate of drug-likeness (QED) is 0.418. The normalized spacial score (nSPS) is 28.8. The molecule has 2 fully saturated rings. The first-order valence-electron chi connectivity index (χ1n) is 9.65. The van der Waals surface area contributed by atoms with Crippen molar-refractivity contribution >= 4 is 15.8 Å². The molecule has 6 heteroatoms. The Morgan fingerprint density at radius 1 is 1.12 bits per heavy atom. The van der Waals surface area contributed by atoms with Crippen LogP contribution < -0.4 is 0 Å². The Morgan fingerprint density at radius 2 is 1.84 bits per heavy atom. The predicted molar refractivity (Wildman–Crippen MR) is 98.3 cm³/mol. The van der Waals surface area contributed by atoms with E-state index in [1.54, 1.807) is 0 Å². The van der Waals surface area contributed by atoms with E-state index in [0.29, 0.717) is 30.4 Å². The summed E-state index contributed by atoms with van der Waals surface area (Å²) in [5, 5.41) is 8.64. The molecule has 2 rings (SSSR count). The lowest BCUT2D eigenvalue weighted by Gasteiger charge is -2.27. The Balaban J connectivity index is 1.80. The van der Waals surface area contributed by atoms with Crippen LogP contribution in [0.15, 0.2) is 12.2 Å². The molecular formula is C19H32O5S. The summed E-state index contributed by atoms with van der Waals surface area (Å²) >= 11 is 0. The van der Waals surface area contributed by atoms with Crippen molar-refractivity contribution in [2.45, 2.75) is 76.9 Å². The molecule has 2 bridgehead atoms. The van der Waals surface area contributed by atoms with Crippen molar-refractivity contribution in [3.63, 3.8) is 0 Å². The molecule has 0 aromatic heterocycles. The second-order valence-corrected chi connectivity index (χ2v) is 9.71. The monoisotopic (exact) mass is 372 g/mol. The van der Waals surface area contributed by atoms with Gasteiger partial charge in [-0.15, -0.1) is 0 Å². The molecule has 144 valence electrons. The highest BCUT2D eigenvalue weighted by atomic mass is 32.2. The van der Waals surface area contributed by atoms with Gasteiger partial charge in [-0.1, -0.05) is 25.5 Å². The molecule has 0 aromatic rings. The number of sulfone groups is 1. The number of allylic oxidation sites excluding steroid dienone is 2. The molecule has 0 aliphatic carbocycles. The molecule has 2 aliphatic rings. The molecule has 0 saturated carbocycles. The lowest BCUT2D eigenvalue weighted by Crippen LogP contribution is -2.29. The third-order valence-electron chi connectivity index (χ3n) is 5.50. The summed E-state index contributed by atoms with van der Waals surface area (Å²) in [5.74, 6) is 0.594. The van der Waals surface area contributed by atoms with Crippen molar-refractivity contribution < 1.29 is 23.1 Å². The van der Waals surface area contributed by atoms with Gasteiger partial charge in [0.1, 0.15) is 9.84 Å². The first kappa shape index (κ1) is 20.4. The first-order chi connectivity index (χ1) is 11.9. The maximum absolute atomic E-state index is 12.1. The van der Waals surface area contributed by atoms with Gasteiger partial charge in [-0.25, -0.2) is 8.42 Å². The van der Waals surface area contributed by atoms with Crippen LogP contribution in [0.25, 0.3) is 0 Å². The van der Waals surface area contributed by atoms with Gasteiger partial charge in [-0.3, -0.25) is 4.79 Å². The number of carboxylic acid groups (broad SMARTS) is 1. The summed E-state index contributed by atoms with van der Waals surface area (Å²) in [7, 11) is -2.94. The van der Waals surface area contributed by atoms with Crippen molar-refractivity contribution in [1.29, 1.82) is 0 Å². The average molecular weight is 373 g/mol. The summed E-state index contributed by atoms with van der Waals surface area (Å²) < 4.78 is 30.3. The van der Waals surface area contributed by atoms with Crippen LogP contribution >= 0.6 is 0 Å². The number of unbranched alkanes of at least 4 members (excludes halogenated alkanes) is 2. The summed E-state index contributed by atoms with van der Waals surface area (Å²) in [5.41, 5.74) is 0. The SMILES string of the molecule is CCCCS(=O)(=O)CC[C@@H]1[C@@H](C/C=C\CCCC(=O)O)[C@H]2CC[C@@H]1O2. The zero-order valence-electron chi connectivity index (χ0n) is 15.2. The van der Waals surface area contributed by atoms with Gasteiger partial charge in [0.2, 0.25) is 0 Å². The van der Waals surface area contributed by atoms with Crippen LogP contribution in [0.5, 0.6) is 0 Å². The third kappa shape index (κ3) is 6.41. The van der Waals surface area contributed by atoms with Crippen LogP contribution in [-0.4, -0.2) is 43.2 Å². The largest absolute Gasteiger partial charge is 0.481 e. The highest BCUT2D eigenvalue weighted by molar-refractivity contribution is 7.91. The molecule has 4 atom stereocenters. The van der Waals surface area contributed by atoms with E-state index in [9.17, 15) is 13.2 Å². The van der Waals surface area contributed by atoms with E-state index in [-0.39, 0.29) is 24.4 Å². The lowest BCUT2D eigenvalue weighted by molar-refractivity contribution is -0.137. The predicted octanol–water partition coefficient (Wildman–Crippen LogP) is 3.59. The smallest absolute Gasteiger partial charge is 0.303 e. The molecule has 0 amide bonds. The van der Waals surface area contributed by atoms with E-state index in [1.807, 2.05) is 6.92 Å². The second-order valence-electron chi connectivity index (χ2n) is 7.41. The minimum Gasteiger partial charge on any atom is -0.481 e. The Bertz CT molecular complexity index is 554. The fraction of sp³-hybridized carbons (Fsp3) is 0.842. The molecule has 2 aliphatic heterocycles. The Labute approximate surface area is 151 Å². The van der Waals surface area contributed by atoms with Crippen molar-refractivity contribution in [3.05, 3.63) is 12.2 Å². The van der Waals surface area contributed by atoms with Crippen molar-refractivity contribution in [2.75, 3.05) is 11.5 Å². The number of aliphatic carboxylic acids is 1. The minimum atomic E-state index is -2.94. The molecule has 0 radical (unpaired) electrons. The van der Waals surface area contributed by atoms with Gasteiger partial charge in [0, 0.05) is 6.42 Å². The summed E-state index contributed by atoms with van der Waals surface area (Å²) in [4.78, 5) is 10.5. The zero-order valence-corrected chi connectivity index (χ0v) is 16.0. The van der Waals surface area contributed by atoms with Crippen LogP contribution in [0.4, 0.5) is 0 Å². The molecule has 2 heterocycles. The molecule has 0 unspecified atom stereocenters. The Morgan fingerprint density at radius 3 is 2.52 bits per heavy atom. The van der Waals surface area contributed by atoms with Gasteiger partial charge in [0.15, 0.2) is 0 Å². The molecule has 2 saturated heterocycles. The first-order valence-corrected chi connectivity index (χ1v) is 11.5. The van der Waals surface area contributed by atoms with Gasteiger partial charge in [0.25, 0.3) is 0 Å². The molecule has 0 aromatic carbocycles. The fourth-order valence-corrected chi connectivity index (χ4v) is 5.69. The van der Waals surface area contributed by atoms with E-state index >= 15 is 0 Å². The highest BCUT2D eigenvalue weighted by Gasteiger charge is 2.47. The summed E-state index contributed by atoms with van der Waals surface area (Å²) in [6, 6.07) is 0. The van der Waals surface area contributed by atoms with Crippen molar-refractivity contribution in [1.82, 2.24) is 0 Å². The number of carboxylic acids is 1. The zero-order chi connectivity index (χ0) is 18.3. The topological polar surface area (TPSA) is 80.7 Å². The van der Waals surface area contributed by atoms with Crippen molar-refractivity contribution in [3.8, 4) is 0 Å². The van der Waals surface area contributed by atoms with Crippen LogP contribution in [0.2, 0.25) is 0 Å². The minimum absolute atomic E-state index is 0.208. The number of hydrogen-bond acceptors (Lipinski definition) is 4. The van der Waals surface area contributed by atoms with Crippen molar-refractivity contribution in [2.24, 2.45) is 11.8 Å². The van der Waals surface area contributed by atoms with Gasteiger partial charge in [-0.2, -0.15) is 0 Å². The maximum Gasteiger partial charge on any atom is 0.303 e. The van der Waals surface area contributed by atoms with E-state index in [2.05, 4.69) is 12.2 Å². The van der Waals surface area contributed by atoms with Gasteiger partial charge in [-0.05, 0) is 56.8 Å². The second kappa shape index (κ2) is 9.72. The number of fused-ring (bicyclic) bond motifs is 2. The van der Waals surface area contributed by atoms with Crippen LogP contribution in [-0.2, 0) is 19.4 Å². The summed E-state index contributed by atoms with van der Waals surface area (Å²) in [6.07, 6.45) is 11.8. The van der Waals surface area contributed by atoms with Crippen LogP contribution in [0.1, 0.15) is 64.7 Å². The van der Waals surface area contributed by atoms with Crippen LogP contribution in [0.3, 0.4) is 0 Å². The fourth-order valence-electron chi connectivity index (χ4n) is 4.12. The number of rotatable bonds is 12. The van der Waals surface area contributed by atoms with E-state index < -0.39 is 15.8 Å². The standard InChI is InChI=1S/C19H32O5S/c1-2-3-13-25(22,23)14-12-16-15(17-10-11-18(16)24-17)8-6-4-5-7-9-19(20)21/h4,6,15-18H,2-3,5,7-14H2,1H3,(H,20,21)/b6-4-/t15-,16-,17-,18+/m1/s1. The van der Waals surface area contributed by atoms with Gasteiger partial charge in [0.05, 0.1) is 23.7 Å². The maximum atomic E-state index is 12.1. The number of ether oxygens (including phenoxy) is 1.